The van der Waals surface area contributed by atoms with Gasteiger partial charge < -0.3 is 9.64 Å². The van der Waals surface area contributed by atoms with Gasteiger partial charge in [-0.05, 0) is 28.0 Å². The molecule has 26 heavy (non-hydrogen) atoms. The molecule has 0 aliphatic rings. The summed E-state index contributed by atoms with van der Waals surface area (Å²) in [4.78, 5) is 14.6. The molecule has 0 radical (unpaired) electrons. The van der Waals surface area contributed by atoms with Crippen LogP contribution in [0, 0.1) is 0 Å². The van der Waals surface area contributed by atoms with Gasteiger partial charge >= 0.3 is 0 Å². The van der Waals surface area contributed by atoms with Crippen molar-refractivity contribution >= 4 is 22.8 Å². The molecule has 0 saturated heterocycles. The number of rotatable bonds is 7. The van der Waals surface area contributed by atoms with E-state index in [1.54, 1.807) is 18.1 Å². The van der Waals surface area contributed by atoms with E-state index in [0.29, 0.717) is 19.7 Å². The molecule has 3 aromatic rings. The summed E-state index contributed by atoms with van der Waals surface area (Å²) in [7, 11) is 1.65. The summed E-state index contributed by atoms with van der Waals surface area (Å²) in [6, 6.07) is 24.3. The van der Waals surface area contributed by atoms with Crippen molar-refractivity contribution in [2.45, 2.75) is 6.54 Å². The van der Waals surface area contributed by atoms with Gasteiger partial charge in [0, 0.05) is 26.3 Å². The molecule has 3 heteroatoms. The van der Waals surface area contributed by atoms with Crippen molar-refractivity contribution in [1.29, 1.82) is 0 Å². The van der Waals surface area contributed by atoms with Crippen LogP contribution < -0.4 is 0 Å². The zero-order chi connectivity index (χ0) is 18.2. The van der Waals surface area contributed by atoms with Gasteiger partial charge in [0.15, 0.2) is 0 Å². The molecule has 0 fully saturated rings. The number of nitrogens with zero attached hydrogens (tertiary/aromatic N) is 1. The van der Waals surface area contributed by atoms with Crippen molar-refractivity contribution in [1.82, 2.24) is 4.90 Å². The molecule has 3 rings (SSSR count). The van der Waals surface area contributed by atoms with E-state index >= 15 is 0 Å². The molecule has 0 unspecified atom stereocenters. The first-order chi connectivity index (χ1) is 12.8. The van der Waals surface area contributed by atoms with E-state index in [-0.39, 0.29) is 5.91 Å². The van der Waals surface area contributed by atoms with Crippen LogP contribution in [0.3, 0.4) is 0 Å². The average Bonchev–Trinajstić information content (AvgIpc) is 2.70. The monoisotopic (exact) mass is 345 g/mol. The molecule has 0 aliphatic carbocycles. The molecular formula is C23H23NO2. The lowest BCUT2D eigenvalue weighted by atomic mass is 10.0. The van der Waals surface area contributed by atoms with E-state index < -0.39 is 0 Å². The van der Waals surface area contributed by atoms with E-state index in [1.807, 2.05) is 60.7 Å². The predicted octanol–water partition coefficient (Wildman–Crippen LogP) is 4.53. The Morgan fingerprint density at radius 2 is 1.69 bits per heavy atom. The molecule has 0 atom stereocenters. The smallest absolute Gasteiger partial charge is 0.246 e. The normalized spacial score (nSPS) is 11.1. The van der Waals surface area contributed by atoms with Gasteiger partial charge in [0.1, 0.15) is 0 Å². The number of carbonyl (C=O) groups excluding carboxylic acids is 1. The SMILES string of the molecule is COCCN(Cc1ccccc1)C(=O)/C=C/c1cccc2ccccc12. The Hall–Kier alpha value is -2.91. The summed E-state index contributed by atoms with van der Waals surface area (Å²) in [5.41, 5.74) is 2.15. The highest BCUT2D eigenvalue weighted by atomic mass is 16.5. The van der Waals surface area contributed by atoms with Crippen LogP contribution in [0.5, 0.6) is 0 Å². The summed E-state index contributed by atoms with van der Waals surface area (Å²) in [6.07, 6.45) is 3.55. The standard InChI is InChI=1S/C23H23NO2/c1-26-17-16-24(18-19-8-3-2-4-9-19)23(25)15-14-21-12-7-11-20-10-5-6-13-22(20)21/h2-15H,16-18H2,1H3/b15-14+. The zero-order valence-corrected chi connectivity index (χ0v) is 15.0. The van der Waals surface area contributed by atoms with Gasteiger partial charge in [-0.1, -0.05) is 72.8 Å². The van der Waals surface area contributed by atoms with Crippen molar-refractivity contribution in [3.8, 4) is 0 Å². The molecule has 0 saturated carbocycles. The number of ether oxygens (including phenoxy) is 1. The Labute approximate surface area is 154 Å². The Morgan fingerprint density at radius 1 is 0.962 bits per heavy atom. The first-order valence-electron chi connectivity index (χ1n) is 8.75. The Bertz CT molecular complexity index is 882. The maximum absolute atomic E-state index is 12.7. The van der Waals surface area contributed by atoms with Gasteiger partial charge in [-0.15, -0.1) is 0 Å². The van der Waals surface area contributed by atoms with Gasteiger partial charge in [-0.2, -0.15) is 0 Å². The van der Waals surface area contributed by atoms with E-state index in [9.17, 15) is 4.79 Å². The van der Waals surface area contributed by atoms with E-state index in [2.05, 4.69) is 18.2 Å². The summed E-state index contributed by atoms with van der Waals surface area (Å²) in [5, 5.41) is 2.31. The molecule has 1 amide bonds. The van der Waals surface area contributed by atoms with E-state index in [4.69, 9.17) is 4.74 Å². The number of hydrogen-bond acceptors (Lipinski definition) is 2. The van der Waals surface area contributed by atoms with Crippen LogP contribution in [0.1, 0.15) is 11.1 Å². The molecule has 0 spiro atoms. The molecule has 0 N–H and O–H groups in total. The lowest BCUT2D eigenvalue weighted by Crippen LogP contribution is -2.32. The van der Waals surface area contributed by atoms with Gasteiger partial charge in [0.2, 0.25) is 5.91 Å². The Kier molecular flexibility index (Phi) is 6.18. The molecule has 0 bridgehead atoms. The molecule has 0 heterocycles. The van der Waals surface area contributed by atoms with E-state index in [1.165, 1.54) is 5.39 Å². The minimum absolute atomic E-state index is 0.0150. The Balaban J connectivity index is 1.78. The van der Waals surface area contributed by atoms with Crippen LogP contribution in [0.2, 0.25) is 0 Å². The largest absolute Gasteiger partial charge is 0.383 e. The second-order valence-electron chi connectivity index (χ2n) is 6.14. The first-order valence-corrected chi connectivity index (χ1v) is 8.75. The summed E-state index contributed by atoms with van der Waals surface area (Å²) in [6.45, 7) is 1.65. The lowest BCUT2D eigenvalue weighted by Gasteiger charge is -2.21. The predicted molar refractivity (Wildman–Crippen MR) is 107 cm³/mol. The number of carbonyl (C=O) groups is 1. The van der Waals surface area contributed by atoms with Gasteiger partial charge in [0.25, 0.3) is 0 Å². The lowest BCUT2D eigenvalue weighted by molar-refractivity contribution is -0.127. The molecule has 132 valence electrons. The van der Waals surface area contributed by atoms with Crippen LogP contribution in [0.15, 0.2) is 78.9 Å². The van der Waals surface area contributed by atoms with Gasteiger partial charge in [-0.25, -0.2) is 0 Å². The minimum atomic E-state index is -0.0150. The highest BCUT2D eigenvalue weighted by molar-refractivity contribution is 5.96. The zero-order valence-electron chi connectivity index (χ0n) is 15.0. The van der Waals surface area contributed by atoms with Crippen molar-refractivity contribution in [3.05, 3.63) is 90.0 Å². The molecule has 0 aromatic heterocycles. The molecule has 3 aromatic carbocycles. The fourth-order valence-corrected chi connectivity index (χ4v) is 2.93. The number of amides is 1. The molecule has 0 aliphatic heterocycles. The third-order valence-corrected chi connectivity index (χ3v) is 4.32. The second kappa shape index (κ2) is 8.97. The molecule has 3 nitrogen and oxygen atoms in total. The van der Waals surface area contributed by atoms with Crippen LogP contribution in [-0.4, -0.2) is 31.1 Å². The maximum atomic E-state index is 12.7. The van der Waals surface area contributed by atoms with Crippen LogP contribution in [0.4, 0.5) is 0 Å². The van der Waals surface area contributed by atoms with Crippen molar-refractivity contribution in [2.75, 3.05) is 20.3 Å². The quantitative estimate of drug-likeness (QED) is 0.589. The fraction of sp³-hybridized carbons (Fsp3) is 0.174. The Morgan fingerprint density at radius 3 is 2.50 bits per heavy atom. The molecular weight excluding hydrogens is 322 g/mol. The van der Waals surface area contributed by atoms with Gasteiger partial charge in [-0.3, -0.25) is 4.79 Å². The van der Waals surface area contributed by atoms with Crippen LogP contribution in [-0.2, 0) is 16.1 Å². The highest BCUT2D eigenvalue weighted by Gasteiger charge is 2.11. The summed E-state index contributed by atoms with van der Waals surface area (Å²) >= 11 is 0. The van der Waals surface area contributed by atoms with Crippen LogP contribution in [0.25, 0.3) is 16.8 Å². The minimum Gasteiger partial charge on any atom is -0.383 e. The van der Waals surface area contributed by atoms with Crippen molar-refractivity contribution in [2.24, 2.45) is 0 Å². The fourth-order valence-electron chi connectivity index (χ4n) is 2.93. The number of fused-ring (bicyclic) bond motifs is 1. The highest BCUT2D eigenvalue weighted by Crippen LogP contribution is 2.19. The maximum Gasteiger partial charge on any atom is 0.246 e. The number of methoxy groups -OCH3 is 1. The first kappa shape index (κ1) is 17.9. The third-order valence-electron chi connectivity index (χ3n) is 4.32. The van der Waals surface area contributed by atoms with Crippen molar-refractivity contribution in [3.63, 3.8) is 0 Å². The van der Waals surface area contributed by atoms with E-state index in [0.717, 1.165) is 16.5 Å². The summed E-state index contributed by atoms with van der Waals surface area (Å²) in [5.74, 6) is -0.0150. The van der Waals surface area contributed by atoms with Crippen molar-refractivity contribution < 1.29 is 9.53 Å². The van der Waals surface area contributed by atoms with Gasteiger partial charge in [0.05, 0.1) is 6.61 Å². The second-order valence-corrected chi connectivity index (χ2v) is 6.14. The average molecular weight is 345 g/mol. The third kappa shape index (κ3) is 4.58. The number of benzene rings is 3. The number of hydrogen-bond donors (Lipinski definition) is 0. The topological polar surface area (TPSA) is 29.5 Å². The summed E-state index contributed by atoms with van der Waals surface area (Å²) < 4.78 is 5.16. The van der Waals surface area contributed by atoms with Crippen LogP contribution >= 0.6 is 0 Å².